The number of nitriles is 1. The lowest BCUT2D eigenvalue weighted by Gasteiger charge is -2.12. The molecule has 41 heavy (non-hydrogen) atoms. The van der Waals surface area contributed by atoms with Gasteiger partial charge in [0.05, 0.1) is 34.1 Å². The van der Waals surface area contributed by atoms with Crippen molar-refractivity contribution in [3.63, 3.8) is 0 Å². The summed E-state index contributed by atoms with van der Waals surface area (Å²) in [7, 11) is 1.66. The SMILES string of the molecule is C=C(F)C(=O)Nc1ccc(-c2c(-c3ccc(Oc4ncc(F)c(C)n4)cc3)c3c(N)ncc(C#N)c3n2C)c(F)c1. The van der Waals surface area contributed by atoms with Crippen LogP contribution < -0.4 is 15.8 Å². The summed E-state index contributed by atoms with van der Waals surface area (Å²) < 4.78 is 49.6. The van der Waals surface area contributed by atoms with Gasteiger partial charge in [0.25, 0.3) is 5.91 Å². The molecule has 0 atom stereocenters. The maximum atomic E-state index is 15.6. The maximum absolute atomic E-state index is 15.6. The average Bonchev–Trinajstić information content (AvgIpc) is 3.25. The summed E-state index contributed by atoms with van der Waals surface area (Å²) in [6, 6.07) is 12.6. The van der Waals surface area contributed by atoms with Crippen LogP contribution in [0.15, 0.2) is 67.3 Å². The van der Waals surface area contributed by atoms with E-state index in [1.165, 1.54) is 25.3 Å². The lowest BCUT2D eigenvalue weighted by molar-refractivity contribution is -0.114. The molecule has 9 nitrogen and oxygen atoms in total. The monoisotopic (exact) mass is 555 g/mol. The van der Waals surface area contributed by atoms with Crippen LogP contribution in [0.5, 0.6) is 11.8 Å². The molecule has 0 saturated carbocycles. The Hall–Kier alpha value is -5.70. The van der Waals surface area contributed by atoms with Gasteiger partial charge in [-0.1, -0.05) is 18.7 Å². The number of nitrogens with one attached hydrogen (secondary N) is 1. The van der Waals surface area contributed by atoms with Crippen molar-refractivity contribution >= 4 is 28.3 Å². The van der Waals surface area contributed by atoms with E-state index < -0.39 is 23.4 Å². The van der Waals surface area contributed by atoms with E-state index in [2.05, 4.69) is 32.9 Å². The van der Waals surface area contributed by atoms with Gasteiger partial charge in [-0.2, -0.15) is 10.2 Å². The zero-order chi connectivity index (χ0) is 29.4. The first-order chi connectivity index (χ1) is 19.6. The minimum atomic E-state index is -1.22. The molecule has 5 rings (SSSR count). The van der Waals surface area contributed by atoms with Gasteiger partial charge in [0.1, 0.15) is 23.5 Å². The standard InChI is InChI=1S/C29H20F3N7O2/c1-14(30)28(40)38-18-6-9-20(21(31)10-18)26-23(24-25(39(26)3)17(11-33)12-35-27(24)34)16-4-7-19(8-5-16)41-29-36-13-22(32)15(2)37-29/h4-10,12-13H,1H2,2-3H3,(H2,34,35)(H,38,40). The van der Waals surface area contributed by atoms with Crippen molar-refractivity contribution in [2.45, 2.75) is 6.92 Å². The fourth-order valence-corrected chi connectivity index (χ4v) is 4.45. The molecule has 3 N–H and O–H groups in total. The van der Waals surface area contributed by atoms with E-state index in [0.29, 0.717) is 33.5 Å². The molecule has 3 aromatic heterocycles. The van der Waals surface area contributed by atoms with Crippen LogP contribution in [0.2, 0.25) is 0 Å². The molecule has 0 saturated heterocycles. The quantitative estimate of drug-likeness (QED) is 0.247. The number of amides is 1. The Morgan fingerprint density at radius 1 is 1.12 bits per heavy atom. The number of carbonyl (C=O) groups excluding carboxylic acids is 1. The molecule has 204 valence electrons. The lowest BCUT2D eigenvalue weighted by Crippen LogP contribution is -2.11. The number of aromatic nitrogens is 4. The molecular formula is C29H20F3N7O2. The molecule has 0 aliphatic carbocycles. The second kappa shape index (κ2) is 10.5. The van der Waals surface area contributed by atoms with Crippen LogP contribution in [-0.4, -0.2) is 25.4 Å². The molecule has 0 spiro atoms. The van der Waals surface area contributed by atoms with E-state index in [4.69, 9.17) is 10.5 Å². The molecule has 0 bridgehead atoms. The summed E-state index contributed by atoms with van der Waals surface area (Å²) in [5, 5.41) is 12.4. The molecule has 2 aromatic carbocycles. The van der Waals surface area contributed by atoms with Gasteiger partial charge >= 0.3 is 6.01 Å². The zero-order valence-corrected chi connectivity index (χ0v) is 21.7. The molecule has 3 heterocycles. The van der Waals surface area contributed by atoms with E-state index in [1.54, 1.807) is 35.9 Å². The number of nitrogen functional groups attached to an aromatic ring is 1. The number of nitrogens with zero attached hydrogens (tertiary/aromatic N) is 5. The molecule has 0 fully saturated rings. The van der Waals surface area contributed by atoms with Crippen LogP contribution in [0.1, 0.15) is 11.3 Å². The van der Waals surface area contributed by atoms with Crippen LogP contribution >= 0.6 is 0 Å². The molecule has 0 radical (unpaired) electrons. The number of nitrogens with two attached hydrogens (primary N) is 1. The van der Waals surface area contributed by atoms with Gasteiger partial charge in [0.2, 0.25) is 0 Å². The Morgan fingerprint density at radius 2 is 1.85 bits per heavy atom. The van der Waals surface area contributed by atoms with E-state index in [9.17, 15) is 18.8 Å². The van der Waals surface area contributed by atoms with Gasteiger partial charge < -0.3 is 20.4 Å². The summed E-state index contributed by atoms with van der Waals surface area (Å²) >= 11 is 0. The Kier molecular flexibility index (Phi) is 6.86. The highest BCUT2D eigenvalue weighted by Crippen LogP contribution is 2.44. The Bertz CT molecular complexity index is 1910. The fourth-order valence-electron chi connectivity index (χ4n) is 4.45. The highest BCUT2D eigenvalue weighted by Gasteiger charge is 2.25. The van der Waals surface area contributed by atoms with Gasteiger partial charge in [0.15, 0.2) is 11.6 Å². The predicted molar refractivity (Wildman–Crippen MR) is 146 cm³/mol. The zero-order valence-electron chi connectivity index (χ0n) is 21.7. The van der Waals surface area contributed by atoms with Gasteiger partial charge in [0, 0.05) is 30.1 Å². The third-order valence-corrected chi connectivity index (χ3v) is 6.34. The van der Waals surface area contributed by atoms with Crippen LogP contribution in [0.25, 0.3) is 33.3 Å². The fraction of sp³-hybridized carbons (Fsp3) is 0.0690. The number of carbonyl (C=O) groups is 1. The first-order valence-electron chi connectivity index (χ1n) is 12.0. The summed E-state index contributed by atoms with van der Waals surface area (Å²) in [5.41, 5.74) is 8.66. The summed E-state index contributed by atoms with van der Waals surface area (Å²) in [6.45, 7) is 4.42. The Morgan fingerprint density at radius 3 is 2.49 bits per heavy atom. The van der Waals surface area contributed by atoms with Gasteiger partial charge in [-0.25, -0.2) is 23.1 Å². The van der Waals surface area contributed by atoms with Crippen LogP contribution in [0, 0.1) is 29.9 Å². The van der Waals surface area contributed by atoms with Crippen LogP contribution in [0.4, 0.5) is 24.7 Å². The third-order valence-electron chi connectivity index (χ3n) is 6.34. The van der Waals surface area contributed by atoms with Crippen LogP contribution in [-0.2, 0) is 11.8 Å². The van der Waals surface area contributed by atoms with Crippen molar-refractivity contribution in [2.75, 3.05) is 11.1 Å². The second-order valence-corrected chi connectivity index (χ2v) is 8.94. The molecule has 12 heteroatoms. The largest absolute Gasteiger partial charge is 0.424 e. The van der Waals surface area contributed by atoms with E-state index in [-0.39, 0.29) is 34.3 Å². The maximum Gasteiger partial charge on any atom is 0.322 e. The number of anilines is 2. The number of ether oxygens (including phenoxy) is 1. The highest BCUT2D eigenvalue weighted by atomic mass is 19.1. The Labute approximate surface area is 231 Å². The van der Waals surface area contributed by atoms with Gasteiger partial charge in [-0.15, -0.1) is 0 Å². The van der Waals surface area contributed by atoms with Crippen molar-refractivity contribution in [1.82, 2.24) is 19.5 Å². The minimum Gasteiger partial charge on any atom is -0.424 e. The second-order valence-electron chi connectivity index (χ2n) is 8.94. The molecule has 0 aliphatic heterocycles. The van der Waals surface area contributed by atoms with Crippen LogP contribution in [0.3, 0.4) is 0 Å². The van der Waals surface area contributed by atoms with E-state index in [1.807, 2.05) is 0 Å². The Balaban J connectivity index is 1.66. The smallest absolute Gasteiger partial charge is 0.322 e. The summed E-state index contributed by atoms with van der Waals surface area (Å²) in [5.74, 6) is -3.12. The number of halogens is 3. The topological polar surface area (TPSA) is 132 Å². The number of aryl methyl sites for hydroxylation is 2. The van der Waals surface area contributed by atoms with Crippen molar-refractivity contribution in [3.8, 4) is 40.2 Å². The first-order valence-corrected chi connectivity index (χ1v) is 12.0. The number of pyridine rings is 1. The highest BCUT2D eigenvalue weighted by molar-refractivity contribution is 6.11. The number of hydrogen-bond acceptors (Lipinski definition) is 7. The molecule has 5 aromatic rings. The summed E-state index contributed by atoms with van der Waals surface area (Å²) in [4.78, 5) is 23.6. The third kappa shape index (κ3) is 4.92. The number of benzene rings is 2. The minimum absolute atomic E-state index is 0.0222. The van der Waals surface area contributed by atoms with Crippen molar-refractivity contribution in [2.24, 2.45) is 7.05 Å². The molecule has 0 unspecified atom stereocenters. The lowest BCUT2D eigenvalue weighted by atomic mass is 9.97. The van der Waals surface area contributed by atoms with Gasteiger partial charge in [-0.3, -0.25) is 4.79 Å². The molecular weight excluding hydrogens is 535 g/mol. The van der Waals surface area contributed by atoms with Crippen molar-refractivity contribution < 1.29 is 22.7 Å². The average molecular weight is 556 g/mol. The number of rotatable bonds is 6. The summed E-state index contributed by atoms with van der Waals surface area (Å²) in [6.07, 6.45) is 2.35. The number of hydrogen-bond donors (Lipinski definition) is 2. The molecule has 1 amide bonds. The van der Waals surface area contributed by atoms with Gasteiger partial charge in [-0.05, 0) is 42.8 Å². The van der Waals surface area contributed by atoms with Crippen molar-refractivity contribution in [1.29, 1.82) is 5.26 Å². The first kappa shape index (κ1) is 26.9. The predicted octanol–water partition coefficient (Wildman–Crippen LogP) is 5.95. The normalized spacial score (nSPS) is 10.8. The number of fused-ring (bicyclic) bond motifs is 1. The van der Waals surface area contributed by atoms with Crippen molar-refractivity contribution in [3.05, 3.63) is 90.2 Å². The van der Waals surface area contributed by atoms with E-state index >= 15 is 4.39 Å². The van der Waals surface area contributed by atoms with E-state index in [0.717, 1.165) is 12.3 Å². The molecule has 0 aliphatic rings.